The molecule has 1 N–H and O–H groups in total. The third-order valence-corrected chi connectivity index (χ3v) is 3.07. The van der Waals surface area contributed by atoms with E-state index in [0.29, 0.717) is 0 Å². The Kier molecular flexibility index (Phi) is 4.47. The van der Waals surface area contributed by atoms with Gasteiger partial charge in [-0.1, -0.05) is 39.0 Å². The van der Waals surface area contributed by atoms with E-state index in [9.17, 15) is 0 Å². The van der Waals surface area contributed by atoms with Gasteiger partial charge in [0.05, 0.1) is 12.0 Å². The van der Waals surface area contributed by atoms with E-state index in [1.807, 2.05) is 0 Å². The number of H-pyrrole nitrogens is 1. The maximum absolute atomic E-state index is 4.33. The van der Waals surface area contributed by atoms with Gasteiger partial charge in [0.15, 0.2) is 5.65 Å². The standard InChI is InChI=1S/C13H20N4/c1-2-3-4-5-6-7-8-11-12-13(16-9-14-11)17-10-15-12/h9-10H,2-8H2,1H3,(H,14,15,16,17). The molecule has 4 nitrogen and oxygen atoms in total. The van der Waals surface area contributed by atoms with Gasteiger partial charge in [0, 0.05) is 0 Å². The van der Waals surface area contributed by atoms with E-state index in [4.69, 9.17) is 0 Å². The summed E-state index contributed by atoms with van der Waals surface area (Å²) in [5, 5.41) is 0. The lowest BCUT2D eigenvalue weighted by Gasteiger charge is -2.01. The lowest BCUT2D eigenvalue weighted by Crippen LogP contribution is -1.94. The molecule has 0 amide bonds. The molecule has 92 valence electrons. The molecule has 0 aliphatic heterocycles. The number of aromatic amines is 1. The number of hydrogen-bond acceptors (Lipinski definition) is 3. The van der Waals surface area contributed by atoms with Crippen molar-refractivity contribution in [2.24, 2.45) is 0 Å². The molecule has 4 heteroatoms. The topological polar surface area (TPSA) is 54.5 Å². The number of imidazole rings is 1. The van der Waals surface area contributed by atoms with Gasteiger partial charge in [0.25, 0.3) is 0 Å². The van der Waals surface area contributed by atoms with E-state index < -0.39 is 0 Å². The Hall–Kier alpha value is -1.45. The highest BCUT2D eigenvalue weighted by molar-refractivity contribution is 5.71. The van der Waals surface area contributed by atoms with Gasteiger partial charge in [0.2, 0.25) is 0 Å². The van der Waals surface area contributed by atoms with Crippen LogP contribution in [-0.4, -0.2) is 19.9 Å². The molecular formula is C13H20N4. The highest BCUT2D eigenvalue weighted by atomic mass is 15.0. The molecule has 2 aromatic heterocycles. The largest absolute Gasteiger partial charge is 0.342 e. The fourth-order valence-electron chi connectivity index (χ4n) is 2.08. The van der Waals surface area contributed by atoms with Crippen molar-refractivity contribution in [3.05, 3.63) is 18.3 Å². The number of aryl methyl sites for hydroxylation is 1. The molecule has 17 heavy (non-hydrogen) atoms. The Morgan fingerprint density at radius 2 is 1.82 bits per heavy atom. The molecule has 0 aromatic carbocycles. The van der Waals surface area contributed by atoms with Crippen LogP contribution in [0.3, 0.4) is 0 Å². The summed E-state index contributed by atoms with van der Waals surface area (Å²) in [6.07, 6.45) is 12.2. The second-order valence-electron chi connectivity index (χ2n) is 4.44. The van der Waals surface area contributed by atoms with Gasteiger partial charge in [0.1, 0.15) is 11.8 Å². The van der Waals surface area contributed by atoms with Crippen LogP contribution in [0.4, 0.5) is 0 Å². The van der Waals surface area contributed by atoms with Crippen molar-refractivity contribution >= 4 is 11.2 Å². The van der Waals surface area contributed by atoms with Crippen molar-refractivity contribution in [1.29, 1.82) is 0 Å². The van der Waals surface area contributed by atoms with E-state index in [2.05, 4.69) is 26.9 Å². The first-order valence-electron chi connectivity index (χ1n) is 6.54. The molecule has 0 spiro atoms. The molecule has 2 rings (SSSR count). The zero-order chi connectivity index (χ0) is 11.9. The number of nitrogens with zero attached hydrogens (tertiary/aromatic N) is 3. The molecule has 0 saturated heterocycles. The van der Waals surface area contributed by atoms with Gasteiger partial charge in [-0.05, 0) is 12.8 Å². The van der Waals surface area contributed by atoms with Crippen molar-refractivity contribution in [3.63, 3.8) is 0 Å². The first kappa shape index (κ1) is 12.0. The zero-order valence-electron chi connectivity index (χ0n) is 10.4. The monoisotopic (exact) mass is 232 g/mol. The van der Waals surface area contributed by atoms with Gasteiger partial charge in [-0.2, -0.15) is 0 Å². The van der Waals surface area contributed by atoms with Crippen LogP contribution in [0.5, 0.6) is 0 Å². The highest BCUT2D eigenvalue weighted by Gasteiger charge is 2.04. The molecule has 2 heterocycles. The number of unbranched alkanes of at least 4 members (excludes halogenated alkanes) is 5. The number of fused-ring (bicyclic) bond motifs is 1. The van der Waals surface area contributed by atoms with E-state index in [1.165, 1.54) is 38.5 Å². The van der Waals surface area contributed by atoms with Crippen LogP contribution in [0, 0.1) is 0 Å². The minimum Gasteiger partial charge on any atom is -0.342 e. The van der Waals surface area contributed by atoms with Crippen LogP contribution in [0.25, 0.3) is 11.2 Å². The average molecular weight is 232 g/mol. The lowest BCUT2D eigenvalue weighted by molar-refractivity contribution is 0.605. The van der Waals surface area contributed by atoms with Crippen molar-refractivity contribution in [2.45, 2.75) is 51.9 Å². The fraction of sp³-hybridized carbons (Fsp3) is 0.615. The number of aromatic nitrogens is 4. The minimum absolute atomic E-state index is 0.779. The molecule has 0 fully saturated rings. The van der Waals surface area contributed by atoms with Crippen molar-refractivity contribution < 1.29 is 0 Å². The van der Waals surface area contributed by atoms with E-state index in [0.717, 1.165) is 23.3 Å². The minimum atomic E-state index is 0.779. The lowest BCUT2D eigenvalue weighted by atomic mass is 10.1. The second-order valence-corrected chi connectivity index (χ2v) is 4.44. The van der Waals surface area contributed by atoms with E-state index in [1.54, 1.807) is 12.7 Å². The Bertz CT molecular complexity index is 449. The smallest absolute Gasteiger partial charge is 0.180 e. The molecule has 2 aromatic rings. The van der Waals surface area contributed by atoms with Crippen LogP contribution in [0.2, 0.25) is 0 Å². The van der Waals surface area contributed by atoms with Gasteiger partial charge in [-0.3, -0.25) is 0 Å². The third kappa shape index (κ3) is 3.25. The number of nitrogens with one attached hydrogen (secondary N) is 1. The van der Waals surface area contributed by atoms with Crippen LogP contribution in [-0.2, 0) is 6.42 Å². The fourth-order valence-corrected chi connectivity index (χ4v) is 2.08. The molecule has 0 aliphatic carbocycles. The van der Waals surface area contributed by atoms with E-state index >= 15 is 0 Å². The first-order chi connectivity index (χ1) is 8.42. The number of rotatable bonds is 7. The predicted octanol–water partition coefficient (Wildman–Crippen LogP) is 3.26. The average Bonchev–Trinajstić information content (AvgIpc) is 2.82. The van der Waals surface area contributed by atoms with Crippen LogP contribution in [0.15, 0.2) is 12.7 Å². The van der Waals surface area contributed by atoms with Gasteiger partial charge in [-0.25, -0.2) is 15.0 Å². The summed E-state index contributed by atoms with van der Waals surface area (Å²) in [6, 6.07) is 0. The SMILES string of the molecule is CCCCCCCCc1ncnc2nc[nH]c12. The first-order valence-corrected chi connectivity index (χ1v) is 6.54. The molecule has 0 unspecified atom stereocenters. The zero-order valence-corrected chi connectivity index (χ0v) is 10.4. The van der Waals surface area contributed by atoms with Crippen LogP contribution < -0.4 is 0 Å². The van der Waals surface area contributed by atoms with Crippen molar-refractivity contribution in [1.82, 2.24) is 19.9 Å². The quantitative estimate of drug-likeness (QED) is 0.745. The predicted molar refractivity (Wildman–Crippen MR) is 68.8 cm³/mol. The Morgan fingerprint density at radius 3 is 2.71 bits per heavy atom. The third-order valence-electron chi connectivity index (χ3n) is 3.07. The van der Waals surface area contributed by atoms with Crippen molar-refractivity contribution in [3.8, 4) is 0 Å². The molecule has 0 bridgehead atoms. The summed E-state index contributed by atoms with van der Waals surface area (Å²) in [6.45, 7) is 2.25. The molecular weight excluding hydrogens is 212 g/mol. The maximum Gasteiger partial charge on any atom is 0.180 e. The molecule has 0 radical (unpaired) electrons. The Balaban J connectivity index is 1.80. The Labute approximate surface area is 102 Å². The summed E-state index contributed by atoms with van der Waals surface area (Å²) >= 11 is 0. The van der Waals surface area contributed by atoms with Crippen molar-refractivity contribution in [2.75, 3.05) is 0 Å². The van der Waals surface area contributed by atoms with Crippen LogP contribution >= 0.6 is 0 Å². The summed E-state index contributed by atoms with van der Waals surface area (Å²) < 4.78 is 0. The maximum atomic E-state index is 4.33. The molecule has 0 aliphatic rings. The van der Waals surface area contributed by atoms with Gasteiger partial charge < -0.3 is 4.98 Å². The highest BCUT2D eigenvalue weighted by Crippen LogP contribution is 2.13. The summed E-state index contributed by atoms with van der Waals surface area (Å²) in [5.74, 6) is 0. The van der Waals surface area contributed by atoms with E-state index in [-0.39, 0.29) is 0 Å². The van der Waals surface area contributed by atoms with Crippen LogP contribution in [0.1, 0.15) is 51.1 Å². The van der Waals surface area contributed by atoms with Gasteiger partial charge in [-0.15, -0.1) is 0 Å². The summed E-state index contributed by atoms with van der Waals surface area (Å²) in [4.78, 5) is 15.7. The number of hydrogen-bond donors (Lipinski definition) is 1. The summed E-state index contributed by atoms with van der Waals surface area (Å²) in [5.41, 5.74) is 2.88. The Morgan fingerprint density at radius 1 is 1.00 bits per heavy atom. The second kappa shape index (κ2) is 6.33. The van der Waals surface area contributed by atoms with Gasteiger partial charge >= 0.3 is 0 Å². The molecule has 0 atom stereocenters. The summed E-state index contributed by atoms with van der Waals surface area (Å²) in [7, 11) is 0. The molecule has 0 saturated carbocycles. The normalized spacial score (nSPS) is 11.1.